The van der Waals surface area contributed by atoms with Crippen LogP contribution in [0.5, 0.6) is 5.75 Å². The van der Waals surface area contributed by atoms with Crippen molar-refractivity contribution in [2.24, 2.45) is 0 Å². The number of para-hydroxylation sites is 2. The van der Waals surface area contributed by atoms with E-state index < -0.39 is 0 Å². The number of aryl methyl sites for hydroxylation is 2. The first-order chi connectivity index (χ1) is 14.9. The van der Waals surface area contributed by atoms with Gasteiger partial charge >= 0.3 is 0 Å². The number of rotatable bonds is 5. The second-order valence-electron chi connectivity index (χ2n) is 8.18. The number of nitrogens with zero attached hydrogens (tertiary/aromatic N) is 3. The number of amides is 2. The molecule has 2 aliphatic rings. The fourth-order valence-electron chi connectivity index (χ4n) is 4.32. The first kappa shape index (κ1) is 21.1. The minimum atomic E-state index is -0.293. The Morgan fingerprint density at radius 1 is 0.935 bits per heavy atom. The second-order valence-corrected chi connectivity index (χ2v) is 8.18. The van der Waals surface area contributed by atoms with Crippen LogP contribution in [0.25, 0.3) is 5.57 Å². The molecular weight excluding hydrogens is 390 g/mol. The molecule has 162 valence electrons. The number of hydrogen-bond acceptors (Lipinski definition) is 5. The van der Waals surface area contributed by atoms with E-state index in [1.165, 1.54) is 4.90 Å². The number of likely N-dealkylation sites (N-methyl/N-ethyl adjacent to an activating group) is 1. The standard InChI is InChI=1S/C25H29N3O3/c1-5-31-21-9-7-6-8-20(21)28-24(29)22(19-11-10-17(2)16-18(19)3)23(25(28)30)27-14-12-26(4)13-15-27/h6-11,16H,5,12-15H2,1-4H3. The van der Waals surface area contributed by atoms with Crippen molar-refractivity contribution in [2.45, 2.75) is 20.8 Å². The second kappa shape index (κ2) is 8.55. The van der Waals surface area contributed by atoms with E-state index in [0.717, 1.165) is 29.8 Å². The Labute approximate surface area is 183 Å². The highest BCUT2D eigenvalue weighted by Crippen LogP contribution is 2.39. The lowest BCUT2D eigenvalue weighted by Crippen LogP contribution is -2.46. The summed E-state index contributed by atoms with van der Waals surface area (Å²) in [7, 11) is 2.07. The molecule has 2 heterocycles. The molecule has 0 spiro atoms. The maximum atomic E-state index is 13.8. The van der Waals surface area contributed by atoms with E-state index in [-0.39, 0.29) is 11.8 Å². The largest absolute Gasteiger partial charge is 0.492 e. The molecule has 2 aromatic rings. The van der Waals surface area contributed by atoms with Gasteiger partial charge in [0.15, 0.2) is 0 Å². The van der Waals surface area contributed by atoms with Crippen LogP contribution >= 0.6 is 0 Å². The first-order valence-corrected chi connectivity index (χ1v) is 10.8. The number of hydrogen-bond donors (Lipinski definition) is 0. The average Bonchev–Trinajstić information content (AvgIpc) is 3.00. The van der Waals surface area contributed by atoms with Gasteiger partial charge < -0.3 is 14.5 Å². The van der Waals surface area contributed by atoms with Crippen LogP contribution in [0, 0.1) is 13.8 Å². The van der Waals surface area contributed by atoms with Crippen molar-refractivity contribution in [1.29, 1.82) is 0 Å². The zero-order chi connectivity index (χ0) is 22.1. The predicted molar refractivity (Wildman–Crippen MR) is 122 cm³/mol. The maximum Gasteiger partial charge on any atom is 0.282 e. The summed E-state index contributed by atoms with van der Waals surface area (Å²) in [5.74, 6) is -0.0407. The monoisotopic (exact) mass is 419 g/mol. The third kappa shape index (κ3) is 3.83. The van der Waals surface area contributed by atoms with Crippen LogP contribution in [0.2, 0.25) is 0 Å². The molecule has 1 fully saturated rings. The van der Waals surface area contributed by atoms with Gasteiger partial charge in [-0.25, -0.2) is 4.90 Å². The zero-order valence-electron chi connectivity index (χ0n) is 18.6. The van der Waals surface area contributed by atoms with Crippen molar-refractivity contribution < 1.29 is 14.3 Å². The van der Waals surface area contributed by atoms with E-state index in [1.54, 1.807) is 12.1 Å². The highest BCUT2D eigenvalue weighted by atomic mass is 16.5. The summed E-state index contributed by atoms with van der Waals surface area (Å²) in [5.41, 5.74) is 4.40. The molecule has 0 atom stereocenters. The molecule has 0 radical (unpaired) electrons. The summed E-state index contributed by atoms with van der Waals surface area (Å²) < 4.78 is 5.74. The van der Waals surface area contributed by atoms with Crippen LogP contribution in [0.1, 0.15) is 23.6 Å². The highest BCUT2D eigenvalue weighted by Gasteiger charge is 2.44. The van der Waals surface area contributed by atoms with Gasteiger partial charge in [-0.3, -0.25) is 9.59 Å². The molecule has 0 bridgehead atoms. The lowest BCUT2D eigenvalue weighted by atomic mass is 9.97. The molecule has 0 aromatic heterocycles. The molecule has 1 saturated heterocycles. The Kier molecular flexibility index (Phi) is 5.83. The van der Waals surface area contributed by atoms with Gasteiger partial charge in [0.1, 0.15) is 11.4 Å². The topological polar surface area (TPSA) is 53.1 Å². The van der Waals surface area contributed by atoms with Crippen molar-refractivity contribution in [3.8, 4) is 5.75 Å². The molecule has 0 N–H and O–H groups in total. The summed E-state index contributed by atoms with van der Waals surface area (Å²) in [5, 5.41) is 0. The number of imide groups is 1. The van der Waals surface area contributed by atoms with E-state index >= 15 is 0 Å². The molecule has 31 heavy (non-hydrogen) atoms. The fourth-order valence-corrected chi connectivity index (χ4v) is 4.32. The summed E-state index contributed by atoms with van der Waals surface area (Å²) in [4.78, 5) is 33.1. The van der Waals surface area contributed by atoms with Crippen molar-refractivity contribution in [3.05, 3.63) is 64.9 Å². The van der Waals surface area contributed by atoms with Gasteiger partial charge in [0.05, 0.1) is 17.9 Å². The quantitative estimate of drug-likeness (QED) is 0.697. The van der Waals surface area contributed by atoms with Gasteiger partial charge in [-0.2, -0.15) is 0 Å². The van der Waals surface area contributed by atoms with Crippen molar-refractivity contribution >= 4 is 23.1 Å². The number of carbonyl (C=O) groups is 2. The number of anilines is 1. The average molecular weight is 420 g/mol. The molecular formula is C25H29N3O3. The summed E-state index contributed by atoms with van der Waals surface area (Å²) in [6, 6.07) is 13.2. The number of piperazine rings is 1. The van der Waals surface area contributed by atoms with E-state index in [1.807, 2.05) is 45.0 Å². The third-order valence-corrected chi connectivity index (χ3v) is 5.94. The van der Waals surface area contributed by atoms with Gasteiger partial charge in [-0.05, 0) is 51.1 Å². The van der Waals surface area contributed by atoms with Crippen molar-refractivity contribution in [1.82, 2.24) is 9.80 Å². The molecule has 2 amide bonds. The molecule has 2 aliphatic heterocycles. The van der Waals surface area contributed by atoms with E-state index in [9.17, 15) is 9.59 Å². The number of ether oxygens (including phenoxy) is 1. The fraction of sp³-hybridized carbons (Fsp3) is 0.360. The van der Waals surface area contributed by atoms with E-state index in [2.05, 4.69) is 22.9 Å². The Bertz CT molecular complexity index is 1050. The maximum absolute atomic E-state index is 13.8. The molecule has 2 aromatic carbocycles. The Hall–Kier alpha value is -3.12. The first-order valence-electron chi connectivity index (χ1n) is 10.8. The van der Waals surface area contributed by atoms with Crippen LogP contribution in [0.3, 0.4) is 0 Å². The van der Waals surface area contributed by atoms with Gasteiger partial charge in [0, 0.05) is 26.2 Å². The minimum Gasteiger partial charge on any atom is -0.492 e. The smallest absolute Gasteiger partial charge is 0.282 e. The molecule has 0 saturated carbocycles. The lowest BCUT2D eigenvalue weighted by Gasteiger charge is -2.34. The Morgan fingerprint density at radius 2 is 1.65 bits per heavy atom. The molecule has 4 rings (SSSR count). The van der Waals surface area contributed by atoms with Crippen LogP contribution < -0.4 is 9.64 Å². The van der Waals surface area contributed by atoms with Crippen LogP contribution in [0.4, 0.5) is 5.69 Å². The zero-order valence-corrected chi connectivity index (χ0v) is 18.6. The Balaban J connectivity index is 1.85. The highest BCUT2D eigenvalue weighted by molar-refractivity contribution is 6.45. The third-order valence-electron chi connectivity index (χ3n) is 5.94. The van der Waals surface area contributed by atoms with Crippen molar-refractivity contribution in [3.63, 3.8) is 0 Å². The van der Waals surface area contributed by atoms with Crippen LogP contribution in [-0.4, -0.2) is 61.4 Å². The van der Waals surface area contributed by atoms with Crippen LogP contribution in [0.15, 0.2) is 48.2 Å². The van der Waals surface area contributed by atoms with Crippen molar-refractivity contribution in [2.75, 3.05) is 44.7 Å². The SMILES string of the molecule is CCOc1ccccc1N1C(=O)C(c2ccc(C)cc2C)=C(N2CCN(C)CC2)C1=O. The van der Waals surface area contributed by atoms with Gasteiger partial charge in [-0.15, -0.1) is 0 Å². The van der Waals surface area contributed by atoms with Gasteiger partial charge in [-0.1, -0.05) is 35.9 Å². The predicted octanol–water partition coefficient (Wildman–Crippen LogP) is 3.23. The minimum absolute atomic E-state index is 0.281. The molecule has 6 nitrogen and oxygen atoms in total. The van der Waals surface area contributed by atoms with Crippen LogP contribution in [-0.2, 0) is 9.59 Å². The summed E-state index contributed by atoms with van der Waals surface area (Å²) >= 11 is 0. The van der Waals surface area contributed by atoms with E-state index in [4.69, 9.17) is 4.74 Å². The van der Waals surface area contributed by atoms with Gasteiger partial charge in [0.25, 0.3) is 11.8 Å². The molecule has 0 unspecified atom stereocenters. The Morgan fingerprint density at radius 3 is 2.32 bits per heavy atom. The lowest BCUT2D eigenvalue weighted by molar-refractivity contribution is -0.120. The summed E-state index contributed by atoms with van der Waals surface area (Å²) in [6.45, 7) is 9.47. The number of benzene rings is 2. The normalized spacial score (nSPS) is 17.7. The summed E-state index contributed by atoms with van der Waals surface area (Å²) in [6.07, 6.45) is 0. The number of carbonyl (C=O) groups excluding carboxylic acids is 2. The molecule has 0 aliphatic carbocycles. The van der Waals surface area contributed by atoms with Gasteiger partial charge in [0.2, 0.25) is 0 Å². The molecule has 6 heteroatoms. The van der Waals surface area contributed by atoms with E-state index in [0.29, 0.717) is 42.4 Å².